The molecule has 0 bridgehead atoms. The molecule has 0 saturated carbocycles. The number of nitrogens with zero attached hydrogens (tertiary/aromatic N) is 2. The molecule has 0 saturated heterocycles. The zero-order valence-corrected chi connectivity index (χ0v) is 19.9. The van der Waals surface area contributed by atoms with Crippen LogP contribution < -0.4 is 4.74 Å². The van der Waals surface area contributed by atoms with Crippen molar-refractivity contribution in [1.29, 1.82) is 0 Å². The lowest BCUT2D eigenvalue weighted by molar-refractivity contribution is -0.386. The number of aromatic nitrogens is 1. The summed E-state index contributed by atoms with van der Waals surface area (Å²) in [7, 11) is -1.84. The minimum absolute atomic E-state index is 0.0491. The first kappa shape index (κ1) is 24.0. The highest BCUT2D eigenvalue weighted by Gasteiger charge is 2.37. The second kappa shape index (κ2) is 9.24. The summed E-state index contributed by atoms with van der Waals surface area (Å²) in [5.41, 5.74) is -0.0946. The first-order valence-corrected chi connectivity index (χ1v) is 12.9. The van der Waals surface area contributed by atoms with Crippen LogP contribution in [0.4, 0.5) is 5.69 Å². The van der Waals surface area contributed by atoms with Crippen molar-refractivity contribution in [3.63, 3.8) is 0 Å². The average Bonchev–Trinajstić information content (AvgIpc) is 2.65. The average molecular weight is 433 g/mol. The van der Waals surface area contributed by atoms with Gasteiger partial charge in [0.25, 0.3) is 5.88 Å². The van der Waals surface area contributed by atoms with E-state index in [-0.39, 0.29) is 16.6 Å². The molecule has 8 heteroatoms. The summed E-state index contributed by atoms with van der Waals surface area (Å²) < 4.78 is 18.2. The van der Waals surface area contributed by atoms with Crippen LogP contribution >= 0.6 is 0 Å². The van der Waals surface area contributed by atoms with Crippen molar-refractivity contribution in [2.75, 3.05) is 13.2 Å². The normalized spacial score (nSPS) is 12.6. The molecule has 0 amide bonds. The molecule has 0 atom stereocenters. The van der Waals surface area contributed by atoms with Crippen LogP contribution in [-0.2, 0) is 14.8 Å². The van der Waals surface area contributed by atoms with Crippen LogP contribution in [0.2, 0.25) is 18.1 Å². The van der Waals surface area contributed by atoms with Gasteiger partial charge in [0.2, 0.25) is 0 Å². The van der Waals surface area contributed by atoms with Gasteiger partial charge in [-0.25, -0.2) is 4.98 Å². The number of para-hydroxylation sites is 1. The fraction of sp³-hybridized carbons (Fsp3) is 0.500. The second-order valence-electron chi connectivity index (χ2n) is 9.15. The molecular formula is C22H32N2O5Si. The first-order valence-electron chi connectivity index (χ1n) is 10.00. The van der Waals surface area contributed by atoms with E-state index in [0.29, 0.717) is 19.0 Å². The van der Waals surface area contributed by atoms with Crippen molar-refractivity contribution in [2.24, 2.45) is 0 Å². The van der Waals surface area contributed by atoms with Crippen molar-refractivity contribution >= 4 is 14.0 Å². The summed E-state index contributed by atoms with van der Waals surface area (Å²) in [5, 5.41) is 11.4. The summed E-state index contributed by atoms with van der Waals surface area (Å²) in [6.07, 6.45) is 1.46. The molecule has 0 radical (unpaired) electrons. The van der Waals surface area contributed by atoms with Gasteiger partial charge in [-0.3, -0.25) is 10.1 Å². The van der Waals surface area contributed by atoms with Gasteiger partial charge < -0.3 is 13.9 Å². The highest BCUT2D eigenvalue weighted by molar-refractivity contribution is 6.74. The molecule has 164 valence electrons. The van der Waals surface area contributed by atoms with E-state index >= 15 is 0 Å². The van der Waals surface area contributed by atoms with Crippen LogP contribution in [0.15, 0.2) is 42.6 Å². The summed E-state index contributed by atoms with van der Waals surface area (Å²) in [6, 6.07) is 10.2. The smallest absolute Gasteiger partial charge is 0.331 e. The molecule has 0 spiro atoms. The standard InChI is InChI=1S/C22H32N2O5Si/c1-21(2,3)30(6,7)28-16-15-27-22(4,5)17-11-8-9-13-19(17)29-20-18(24(25)26)12-10-14-23-20/h8-14H,15-16H2,1-7H3. The summed E-state index contributed by atoms with van der Waals surface area (Å²) in [4.78, 5) is 14.8. The second-order valence-corrected chi connectivity index (χ2v) is 14.0. The Morgan fingerprint density at radius 1 is 1.03 bits per heavy atom. The molecule has 0 aliphatic heterocycles. The van der Waals surface area contributed by atoms with E-state index < -0.39 is 18.8 Å². The van der Waals surface area contributed by atoms with Crippen LogP contribution in [0.3, 0.4) is 0 Å². The number of pyridine rings is 1. The van der Waals surface area contributed by atoms with Crippen LogP contribution in [0, 0.1) is 10.1 Å². The molecule has 0 fully saturated rings. The Hall–Kier alpha value is -2.29. The Labute approximate surface area is 179 Å². The third-order valence-electron chi connectivity index (χ3n) is 5.51. The van der Waals surface area contributed by atoms with Crippen molar-refractivity contribution in [2.45, 2.75) is 58.4 Å². The number of ether oxygens (including phenoxy) is 2. The van der Waals surface area contributed by atoms with E-state index in [1.54, 1.807) is 6.07 Å². The topological polar surface area (TPSA) is 83.7 Å². The Morgan fingerprint density at radius 2 is 1.70 bits per heavy atom. The van der Waals surface area contributed by atoms with Gasteiger partial charge in [-0.05, 0) is 44.1 Å². The number of hydrogen-bond donors (Lipinski definition) is 0. The fourth-order valence-electron chi connectivity index (χ4n) is 2.65. The molecule has 0 aliphatic rings. The number of rotatable bonds is 9. The van der Waals surface area contributed by atoms with E-state index in [4.69, 9.17) is 13.9 Å². The molecule has 0 aliphatic carbocycles. The molecule has 1 heterocycles. The molecule has 30 heavy (non-hydrogen) atoms. The zero-order valence-electron chi connectivity index (χ0n) is 18.9. The van der Waals surface area contributed by atoms with E-state index in [1.807, 2.05) is 32.0 Å². The lowest BCUT2D eigenvalue weighted by atomic mass is 9.97. The molecule has 1 aromatic carbocycles. The number of benzene rings is 1. The fourth-order valence-corrected chi connectivity index (χ4v) is 3.67. The van der Waals surface area contributed by atoms with Crippen molar-refractivity contribution < 1.29 is 18.8 Å². The van der Waals surface area contributed by atoms with Gasteiger partial charge in [0, 0.05) is 17.8 Å². The maximum atomic E-state index is 11.3. The van der Waals surface area contributed by atoms with Gasteiger partial charge in [0.1, 0.15) is 5.75 Å². The van der Waals surface area contributed by atoms with Crippen LogP contribution in [0.1, 0.15) is 40.2 Å². The van der Waals surface area contributed by atoms with Gasteiger partial charge in [-0.2, -0.15) is 0 Å². The van der Waals surface area contributed by atoms with Crippen LogP contribution in [0.5, 0.6) is 11.6 Å². The van der Waals surface area contributed by atoms with Gasteiger partial charge >= 0.3 is 5.69 Å². The minimum Gasteiger partial charge on any atom is -0.433 e. The van der Waals surface area contributed by atoms with Crippen molar-refractivity contribution in [3.05, 3.63) is 58.3 Å². The predicted molar refractivity (Wildman–Crippen MR) is 120 cm³/mol. The minimum atomic E-state index is -1.84. The molecular weight excluding hydrogens is 400 g/mol. The van der Waals surface area contributed by atoms with Gasteiger partial charge in [0.05, 0.1) is 23.7 Å². The molecule has 1 aromatic heterocycles. The SMILES string of the molecule is CC(C)(OCCO[Si](C)(C)C(C)(C)C)c1ccccc1Oc1ncccc1[N+](=O)[O-]. The largest absolute Gasteiger partial charge is 0.433 e. The summed E-state index contributed by atoms with van der Waals surface area (Å²) >= 11 is 0. The maximum Gasteiger partial charge on any atom is 0.331 e. The van der Waals surface area contributed by atoms with E-state index in [2.05, 4.69) is 38.8 Å². The third-order valence-corrected chi connectivity index (χ3v) is 10.0. The van der Waals surface area contributed by atoms with Gasteiger partial charge in [0.15, 0.2) is 8.32 Å². The molecule has 0 N–H and O–H groups in total. The molecule has 2 aromatic rings. The Bertz CT molecular complexity index is 878. The quantitative estimate of drug-likeness (QED) is 0.207. The lowest BCUT2D eigenvalue weighted by Crippen LogP contribution is -2.41. The highest BCUT2D eigenvalue weighted by atomic mass is 28.4. The first-order chi connectivity index (χ1) is 13.8. The van der Waals surface area contributed by atoms with Crippen LogP contribution in [-0.4, -0.2) is 31.4 Å². The van der Waals surface area contributed by atoms with E-state index in [0.717, 1.165) is 5.56 Å². The highest BCUT2D eigenvalue weighted by Crippen LogP contribution is 2.38. The predicted octanol–water partition coefficient (Wildman–Crippen LogP) is 6.06. The molecule has 7 nitrogen and oxygen atoms in total. The summed E-state index contributed by atoms with van der Waals surface area (Å²) in [6.45, 7) is 15.8. The van der Waals surface area contributed by atoms with Crippen molar-refractivity contribution in [1.82, 2.24) is 4.98 Å². The number of nitro groups is 1. The maximum absolute atomic E-state index is 11.3. The van der Waals surface area contributed by atoms with E-state index in [9.17, 15) is 10.1 Å². The third kappa shape index (κ3) is 5.87. The Balaban J connectivity index is 2.13. The Kier molecular flexibility index (Phi) is 7.39. The number of hydrogen-bond acceptors (Lipinski definition) is 6. The Morgan fingerprint density at radius 3 is 2.33 bits per heavy atom. The summed E-state index contributed by atoms with van der Waals surface area (Å²) in [5.74, 6) is 0.418. The van der Waals surface area contributed by atoms with E-state index in [1.165, 1.54) is 18.3 Å². The van der Waals surface area contributed by atoms with Gasteiger partial charge in [-0.15, -0.1) is 0 Å². The molecule has 2 rings (SSSR count). The lowest BCUT2D eigenvalue weighted by Gasteiger charge is -2.36. The van der Waals surface area contributed by atoms with Crippen molar-refractivity contribution in [3.8, 4) is 11.6 Å². The van der Waals surface area contributed by atoms with Crippen LogP contribution in [0.25, 0.3) is 0 Å². The molecule has 0 unspecified atom stereocenters. The zero-order chi connectivity index (χ0) is 22.6. The monoisotopic (exact) mass is 432 g/mol. The van der Waals surface area contributed by atoms with Gasteiger partial charge in [-0.1, -0.05) is 39.0 Å².